The van der Waals surface area contributed by atoms with E-state index in [1.54, 1.807) is 6.07 Å². The maximum atomic E-state index is 9.10. The van der Waals surface area contributed by atoms with Gasteiger partial charge in [0.05, 0.1) is 17.1 Å². The molecule has 0 amide bonds. The second-order valence-corrected chi connectivity index (χ2v) is 5.02. The van der Waals surface area contributed by atoms with Crippen molar-refractivity contribution in [2.75, 3.05) is 0 Å². The molecule has 0 aliphatic heterocycles. The number of aromatic nitrogens is 3. The van der Waals surface area contributed by atoms with Crippen LogP contribution >= 0.6 is 0 Å². The van der Waals surface area contributed by atoms with Crippen molar-refractivity contribution in [2.45, 2.75) is 0 Å². The molecule has 0 spiro atoms. The fraction of sp³-hybridized carbons (Fsp3) is 0. The number of pyridine rings is 1. The Morgan fingerprint density at radius 1 is 1.00 bits per heavy atom. The summed E-state index contributed by atoms with van der Waals surface area (Å²) >= 11 is 0. The summed E-state index contributed by atoms with van der Waals surface area (Å²) in [6.45, 7) is 0. The second kappa shape index (κ2) is 5.35. The largest absolute Gasteiger partial charge is 0.342 e. The minimum Gasteiger partial charge on any atom is -0.342 e. The average molecular weight is 298 g/mol. The van der Waals surface area contributed by atoms with E-state index in [1.165, 1.54) is 6.39 Å². The first-order valence-electron chi connectivity index (χ1n) is 7.02. The average Bonchev–Trinajstić information content (AvgIpc) is 3.15. The minimum absolute atomic E-state index is 0.451. The lowest BCUT2D eigenvalue weighted by atomic mass is 10.00. The van der Waals surface area contributed by atoms with Gasteiger partial charge in [-0.05, 0) is 23.8 Å². The number of nitrogens with zero attached hydrogens (tertiary/aromatic N) is 4. The van der Waals surface area contributed by atoms with Crippen LogP contribution in [0.1, 0.15) is 5.56 Å². The number of fused-ring (bicyclic) bond motifs is 1. The highest BCUT2D eigenvalue weighted by molar-refractivity contribution is 5.94. The van der Waals surface area contributed by atoms with Crippen molar-refractivity contribution in [2.24, 2.45) is 0 Å². The molecule has 5 nitrogen and oxygen atoms in total. The molecule has 0 aliphatic carbocycles. The first-order valence-corrected chi connectivity index (χ1v) is 7.02. The Labute approximate surface area is 131 Å². The molecule has 0 radical (unpaired) electrons. The standard InChI is InChI=1S/C18H10N4O/c19-10-12-3-1-5-14(9-12)15-6-2-4-13-7-8-16(21-17(13)15)18-20-11-23-22-18/h1-9,11H. The van der Waals surface area contributed by atoms with Gasteiger partial charge in [0.1, 0.15) is 5.69 Å². The lowest BCUT2D eigenvalue weighted by Gasteiger charge is -2.07. The first-order chi connectivity index (χ1) is 11.3. The van der Waals surface area contributed by atoms with Crippen molar-refractivity contribution >= 4 is 10.9 Å². The normalized spacial score (nSPS) is 10.6. The van der Waals surface area contributed by atoms with Crippen LogP contribution in [0.15, 0.2) is 65.5 Å². The van der Waals surface area contributed by atoms with E-state index < -0.39 is 0 Å². The summed E-state index contributed by atoms with van der Waals surface area (Å²) in [5.74, 6) is 0.451. The lowest BCUT2D eigenvalue weighted by molar-refractivity contribution is 0.418. The molecule has 0 unspecified atom stereocenters. The Bertz CT molecular complexity index is 1030. The van der Waals surface area contributed by atoms with Crippen LogP contribution in [0.3, 0.4) is 0 Å². The summed E-state index contributed by atoms with van der Waals surface area (Å²) in [5, 5.41) is 13.9. The Balaban J connectivity index is 1.96. The molecule has 23 heavy (non-hydrogen) atoms. The van der Waals surface area contributed by atoms with Gasteiger partial charge >= 0.3 is 0 Å². The van der Waals surface area contributed by atoms with Crippen LogP contribution in [-0.4, -0.2) is 15.1 Å². The maximum Gasteiger partial charge on any atom is 0.220 e. The van der Waals surface area contributed by atoms with Crippen molar-refractivity contribution in [3.8, 4) is 28.7 Å². The van der Waals surface area contributed by atoms with E-state index in [1.807, 2.05) is 48.5 Å². The number of rotatable bonds is 2. The van der Waals surface area contributed by atoms with Gasteiger partial charge in [-0.2, -0.15) is 10.2 Å². The highest BCUT2D eigenvalue weighted by Gasteiger charge is 2.10. The number of hydrogen-bond donors (Lipinski definition) is 0. The fourth-order valence-corrected chi connectivity index (χ4v) is 2.54. The summed E-state index contributed by atoms with van der Waals surface area (Å²) in [5.41, 5.74) is 4.02. The topological polar surface area (TPSA) is 75.6 Å². The summed E-state index contributed by atoms with van der Waals surface area (Å²) in [4.78, 5) is 8.72. The van der Waals surface area contributed by atoms with E-state index >= 15 is 0 Å². The van der Waals surface area contributed by atoms with E-state index in [0.717, 1.165) is 22.0 Å². The molecule has 2 heterocycles. The minimum atomic E-state index is 0.451. The highest BCUT2D eigenvalue weighted by atomic mass is 16.5. The van der Waals surface area contributed by atoms with Gasteiger partial charge in [0.25, 0.3) is 0 Å². The molecule has 0 N–H and O–H groups in total. The molecule has 0 bridgehead atoms. The molecule has 4 aromatic rings. The molecule has 2 aromatic carbocycles. The van der Waals surface area contributed by atoms with Gasteiger partial charge in [0.2, 0.25) is 12.2 Å². The first kappa shape index (κ1) is 13.2. The van der Waals surface area contributed by atoms with Crippen molar-refractivity contribution in [3.05, 3.63) is 66.6 Å². The Morgan fingerprint density at radius 3 is 2.74 bits per heavy atom. The second-order valence-electron chi connectivity index (χ2n) is 5.02. The molecule has 0 saturated carbocycles. The van der Waals surface area contributed by atoms with Gasteiger partial charge < -0.3 is 4.52 Å². The third-order valence-corrected chi connectivity index (χ3v) is 3.61. The van der Waals surface area contributed by atoms with E-state index in [9.17, 15) is 0 Å². The van der Waals surface area contributed by atoms with Gasteiger partial charge in [-0.25, -0.2) is 4.98 Å². The van der Waals surface area contributed by atoms with Gasteiger partial charge in [-0.1, -0.05) is 41.6 Å². The molecule has 0 fully saturated rings. The van der Waals surface area contributed by atoms with Crippen molar-refractivity contribution in [3.63, 3.8) is 0 Å². The highest BCUT2D eigenvalue weighted by Crippen LogP contribution is 2.29. The van der Waals surface area contributed by atoms with Gasteiger partial charge in [0, 0.05) is 10.9 Å². The number of hydrogen-bond acceptors (Lipinski definition) is 5. The quantitative estimate of drug-likeness (QED) is 0.562. The Hall–Kier alpha value is -3.52. The summed E-state index contributed by atoms with van der Waals surface area (Å²) in [7, 11) is 0. The number of benzene rings is 2. The molecule has 0 atom stereocenters. The molecule has 5 heteroatoms. The van der Waals surface area contributed by atoms with Crippen molar-refractivity contribution in [1.29, 1.82) is 5.26 Å². The predicted octanol–water partition coefficient (Wildman–Crippen LogP) is 3.82. The van der Waals surface area contributed by atoms with Gasteiger partial charge in [-0.3, -0.25) is 0 Å². The predicted molar refractivity (Wildman–Crippen MR) is 85.2 cm³/mol. The van der Waals surface area contributed by atoms with E-state index in [0.29, 0.717) is 17.1 Å². The summed E-state index contributed by atoms with van der Waals surface area (Å²) in [6.07, 6.45) is 1.28. The SMILES string of the molecule is N#Cc1cccc(-c2cccc3ccc(-c4ncon4)nc23)c1. The smallest absolute Gasteiger partial charge is 0.220 e. The van der Waals surface area contributed by atoms with Crippen LogP contribution in [-0.2, 0) is 0 Å². The summed E-state index contributed by atoms with van der Waals surface area (Å²) in [6, 6.07) is 19.5. The van der Waals surface area contributed by atoms with Crippen LogP contribution < -0.4 is 0 Å². The lowest BCUT2D eigenvalue weighted by Crippen LogP contribution is -1.90. The third-order valence-electron chi connectivity index (χ3n) is 3.61. The molecule has 0 aliphatic rings. The number of nitriles is 1. The molecule has 4 rings (SSSR count). The van der Waals surface area contributed by atoms with Gasteiger partial charge in [-0.15, -0.1) is 0 Å². The molecule has 2 aromatic heterocycles. The Morgan fingerprint density at radius 2 is 1.91 bits per heavy atom. The molecular formula is C18H10N4O. The van der Waals surface area contributed by atoms with Gasteiger partial charge in [0.15, 0.2) is 0 Å². The monoisotopic (exact) mass is 298 g/mol. The molecular weight excluding hydrogens is 288 g/mol. The zero-order valence-corrected chi connectivity index (χ0v) is 12.0. The number of para-hydroxylation sites is 1. The fourth-order valence-electron chi connectivity index (χ4n) is 2.54. The van der Waals surface area contributed by atoms with Crippen LogP contribution in [0.25, 0.3) is 33.5 Å². The van der Waals surface area contributed by atoms with Crippen molar-refractivity contribution < 1.29 is 4.52 Å². The summed E-state index contributed by atoms with van der Waals surface area (Å²) < 4.78 is 4.79. The van der Waals surface area contributed by atoms with Crippen LogP contribution in [0.2, 0.25) is 0 Å². The van der Waals surface area contributed by atoms with Crippen LogP contribution in [0, 0.1) is 11.3 Å². The van der Waals surface area contributed by atoms with Crippen molar-refractivity contribution in [1.82, 2.24) is 15.1 Å². The molecule has 0 saturated heterocycles. The van der Waals surface area contributed by atoms with E-state index in [-0.39, 0.29) is 0 Å². The molecule has 108 valence electrons. The third kappa shape index (κ3) is 2.32. The maximum absolute atomic E-state index is 9.10. The van der Waals surface area contributed by atoms with E-state index in [4.69, 9.17) is 9.78 Å². The zero-order chi connectivity index (χ0) is 15.6. The Kier molecular flexibility index (Phi) is 3.06. The van der Waals surface area contributed by atoms with Crippen LogP contribution in [0.5, 0.6) is 0 Å². The van der Waals surface area contributed by atoms with E-state index in [2.05, 4.69) is 21.2 Å². The van der Waals surface area contributed by atoms with Crippen LogP contribution in [0.4, 0.5) is 0 Å². The zero-order valence-electron chi connectivity index (χ0n) is 12.0.